The maximum absolute atomic E-state index is 2.64. The largest absolute Gasteiger partial charge is 0.0950 e. The zero-order chi connectivity index (χ0) is 14.2. The van der Waals surface area contributed by atoms with Crippen molar-refractivity contribution < 1.29 is 0 Å². The fraction of sp³-hybridized carbons (Fsp3) is 0.875. The number of allylic oxidation sites excluding steroid dienone is 1. The zero-order valence-corrected chi connectivity index (χ0v) is 16.0. The van der Waals surface area contributed by atoms with Gasteiger partial charge in [-0.2, -0.15) is 0 Å². The van der Waals surface area contributed by atoms with Crippen molar-refractivity contribution in [3.8, 4) is 0 Å². The molecule has 0 bridgehead atoms. The van der Waals surface area contributed by atoms with Crippen molar-refractivity contribution in [2.45, 2.75) is 91.2 Å². The predicted octanol–water partition coefficient (Wildman–Crippen LogP) is 6.42. The first-order chi connectivity index (χ1) is 8.19. The first-order valence-electron chi connectivity index (χ1n) is 7.90. The Morgan fingerprint density at radius 3 is 1.61 bits per heavy atom. The van der Waals surface area contributed by atoms with Gasteiger partial charge in [-0.15, -0.1) is 0 Å². The fourth-order valence-electron chi connectivity index (χ4n) is 2.91. The van der Waals surface area contributed by atoms with Crippen LogP contribution in [0.2, 0.25) is 39.3 Å². The summed E-state index contributed by atoms with van der Waals surface area (Å²) < 4.78 is 0. The van der Waals surface area contributed by atoms with Gasteiger partial charge in [0.25, 0.3) is 0 Å². The minimum atomic E-state index is -1.08. The van der Waals surface area contributed by atoms with Crippen LogP contribution in [-0.4, -0.2) is 16.1 Å². The van der Waals surface area contributed by atoms with Gasteiger partial charge in [0, 0.05) is 0 Å². The van der Waals surface area contributed by atoms with Crippen molar-refractivity contribution in [2.75, 3.05) is 0 Å². The van der Waals surface area contributed by atoms with Crippen LogP contribution in [-0.2, 0) is 0 Å². The van der Waals surface area contributed by atoms with Gasteiger partial charge >= 0.3 is 0 Å². The van der Waals surface area contributed by atoms with E-state index in [2.05, 4.69) is 52.3 Å². The van der Waals surface area contributed by atoms with Gasteiger partial charge in [-0.05, 0) is 12.8 Å². The van der Waals surface area contributed by atoms with Gasteiger partial charge < -0.3 is 0 Å². The molecule has 0 aromatic carbocycles. The van der Waals surface area contributed by atoms with Crippen LogP contribution in [0.15, 0.2) is 10.9 Å². The highest BCUT2D eigenvalue weighted by atomic mass is 28.4. The highest BCUT2D eigenvalue weighted by Gasteiger charge is 2.30. The quantitative estimate of drug-likeness (QED) is 0.338. The van der Waals surface area contributed by atoms with Crippen molar-refractivity contribution in [2.24, 2.45) is 0 Å². The average molecular weight is 285 g/mol. The van der Waals surface area contributed by atoms with Crippen LogP contribution in [0, 0.1) is 0 Å². The first-order valence-corrected chi connectivity index (χ1v) is 14.9. The molecule has 108 valence electrons. The molecule has 0 saturated heterocycles. The van der Waals surface area contributed by atoms with Gasteiger partial charge in [-0.3, -0.25) is 0 Å². The van der Waals surface area contributed by atoms with E-state index < -0.39 is 16.1 Å². The van der Waals surface area contributed by atoms with Crippen molar-refractivity contribution >= 4 is 16.1 Å². The molecule has 0 aliphatic heterocycles. The van der Waals surface area contributed by atoms with E-state index in [4.69, 9.17) is 0 Å². The number of hydrogen-bond acceptors (Lipinski definition) is 0. The Kier molecular flexibility index (Phi) is 8.45. The Bertz CT molecular complexity index is 225. The van der Waals surface area contributed by atoms with E-state index in [9.17, 15) is 0 Å². The predicted molar refractivity (Wildman–Crippen MR) is 92.8 cm³/mol. The van der Waals surface area contributed by atoms with E-state index in [1.54, 1.807) is 0 Å². The second-order valence-corrected chi connectivity index (χ2v) is 18.3. The first kappa shape index (κ1) is 18.2. The normalized spacial score (nSPS) is 12.6. The number of unbranched alkanes of at least 4 members (excludes halogenated alkanes) is 6. The molecule has 0 aromatic heterocycles. The summed E-state index contributed by atoms with van der Waals surface area (Å²) in [7, 11) is -2.16. The van der Waals surface area contributed by atoms with Crippen LogP contribution < -0.4 is 0 Å². The summed E-state index contributed by atoms with van der Waals surface area (Å²) in [5.74, 6) is 0. The molecule has 0 aliphatic carbocycles. The molecule has 0 amide bonds. The Hall–Kier alpha value is 0.174. The zero-order valence-electron chi connectivity index (χ0n) is 14.0. The monoisotopic (exact) mass is 284 g/mol. The Balaban J connectivity index is 4.12. The molecule has 0 radical (unpaired) electrons. The van der Waals surface area contributed by atoms with Crippen LogP contribution in [0.1, 0.15) is 51.9 Å². The molecule has 2 heteroatoms. The lowest BCUT2D eigenvalue weighted by molar-refractivity contribution is 0.611. The molecule has 0 atom stereocenters. The molecular weight excluding hydrogens is 248 g/mol. The summed E-state index contributed by atoms with van der Waals surface area (Å²) in [6, 6.07) is 0. The molecule has 0 N–H and O–H groups in total. The third kappa shape index (κ3) is 8.31. The lowest BCUT2D eigenvalue weighted by Crippen LogP contribution is -2.39. The topological polar surface area (TPSA) is 0 Å². The van der Waals surface area contributed by atoms with Crippen molar-refractivity contribution in [1.29, 1.82) is 0 Å². The summed E-state index contributed by atoms with van der Waals surface area (Å²) >= 11 is 0. The second-order valence-electron chi connectivity index (χ2n) is 7.67. The highest BCUT2D eigenvalue weighted by Crippen LogP contribution is 2.26. The van der Waals surface area contributed by atoms with E-state index in [0.29, 0.717) is 0 Å². The molecular formula is C16H36Si2. The summed E-state index contributed by atoms with van der Waals surface area (Å²) in [6.07, 6.45) is 12.5. The van der Waals surface area contributed by atoms with Crippen LogP contribution in [0.4, 0.5) is 0 Å². The Morgan fingerprint density at radius 2 is 1.17 bits per heavy atom. The van der Waals surface area contributed by atoms with Crippen LogP contribution >= 0.6 is 0 Å². The van der Waals surface area contributed by atoms with Gasteiger partial charge in [0.1, 0.15) is 0 Å². The van der Waals surface area contributed by atoms with Crippen molar-refractivity contribution in [1.82, 2.24) is 0 Å². The van der Waals surface area contributed by atoms with Gasteiger partial charge in [0.2, 0.25) is 0 Å². The number of rotatable bonds is 9. The van der Waals surface area contributed by atoms with Gasteiger partial charge in [-0.25, -0.2) is 0 Å². The van der Waals surface area contributed by atoms with Crippen LogP contribution in [0.25, 0.3) is 0 Å². The molecule has 0 spiro atoms. The average Bonchev–Trinajstić information content (AvgIpc) is 2.18. The minimum Gasteiger partial charge on any atom is -0.0950 e. The summed E-state index contributed by atoms with van der Waals surface area (Å²) in [4.78, 5) is 1.89. The summed E-state index contributed by atoms with van der Waals surface area (Å²) in [6.45, 7) is 17.4. The van der Waals surface area contributed by atoms with Crippen molar-refractivity contribution in [3.05, 3.63) is 10.9 Å². The van der Waals surface area contributed by atoms with E-state index in [-0.39, 0.29) is 0 Å². The van der Waals surface area contributed by atoms with E-state index in [1.165, 1.54) is 44.9 Å². The van der Waals surface area contributed by atoms with Crippen LogP contribution in [0.5, 0.6) is 0 Å². The van der Waals surface area contributed by atoms with Crippen LogP contribution in [0.3, 0.4) is 0 Å². The molecule has 0 aliphatic rings. The van der Waals surface area contributed by atoms with E-state index in [1.807, 2.05) is 4.82 Å². The highest BCUT2D eigenvalue weighted by molar-refractivity contribution is 7.04. The van der Waals surface area contributed by atoms with E-state index in [0.717, 1.165) is 0 Å². The standard InChI is InChI=1S/C16H36Si2/c1-8-9-10-11-12-13-14-15-16(17(2,3)4)18(5,6)7/h15H,8-14H2,1-7H3. The second kappa shape index (κ2) is 8.37. The maximum Gasteiger partial charge on any atom is 0.0677 e. The molecule has 0 fully saturated rings. The molecule has 0 rings (SSSR count). The lowest BCUT2D eigenvalue weighted by atomic mass is 10.1. The Labute approximate surface area is 118 Å². The maximum atomic E-state index is 2.64. The third-order valence-electron chi connectivity index (χ3n) is 3.52. The summed E-state index contributed by atoms with van der Waals surface area (Å²) in [5, 5.41) is 0. The molecule has 0 unspecified atom stereocenters. The molecule has 0 aromatic rings. The fourth-order valence-corrected chi connectivity index (χ4v) is 13.4. The summed E-state index contributed by atoms with van der Waals surface area (Å²) in [5.41, 5.74) is 0. The molecule has 18 heavy (non-hydrogen) atoms. The van der Waals surface area contributed by atoms with Crippen molar-refractivity contribution in [3.63, 3.8) is 0 Å². The lowest BCUT2D eigenvalue weighted by Gasteiger charge is -2.31. The minimum absolute atomic E-state index is 1.08. The molecule has 0 saturated carbocycles. The number of hydrogen-bond donors (Lipinski definition) is 0. The molecule has 0 nitrogen and oxygen atoms in total. The molecule has 0 heterocycles. The van der Waals surface area contributed by atoms with Gasteiger partial charge in [0.05, 0.1) is 16.1 Å². The Morgan fingerprint density at radius 1 is 0.722 bits per heavy atom. The van der Waals surface area contributed by atoms with Gasteiger partial charge in [0.15, 0.2) is 0 Å². The SMILES string of the molecule is CCCCCCCCC=C([Si](C)(C)C)[Si](C)(C)C. The smallest absolute Gasteiger partial charge is 0.0677 e. The van der Waals surface area contributed by atoms with Gasteiger partial charge in [-0.1, -0.05) is 89.2 Å². The van der Waals surface area contributed by atoms with E-state index >= 15 is 0 Å². The third-order valence-corrected chi connectivity index (χ3v) is 11.7.